The number of carbonyl (C=O) groups is 4. The highest BCUT2D eigenvalue weighted by Gasteiger charge is 2.26. The minimum Gasteiger partial charge on any atom is -0.349 e. The van der Waals surface area contributed by atoms with E-state index in [1.165, 1.54) is 11.3 Å². The van der Waals surface area contributed by atoms with Crippen molar-refractivity contribution in [2.75, 3.05) is 6.54 Å². The molecule has 0 aliphatic heterocycles. The summed E-state index contributed by atoms with van der Waals surface area (Å²) in [7, 11) is 0. The lowest BCUT2D eigenvalue weighted by Crippen LogP contribution is -2.52. The Morgan fingerprint density at radius 2 is 1.66 bits per heavy atom. The third-order valence-electron chi connectivity index (χ3n) is 6.53. The van der Waals surface area contributed by atoms with Gasteiger partial charge in [-0.15, -0.1) is 11.3 Å². The van der Waals surface area contributed by atoms with Crippen molar-refractivity contribution in [2.24, 2.45) is 5.92 Å². The van der Waals surface area contributed by atoms with Crippen molar-refractivity contribution in [3.8, 4) is 11.3 Å². The van der Waals surface area contributed by atoms with Gasteiger partial charge in [-0.3, -0.25) is 24.2 Å². The molecule has 2 aromatic heterocycles. The molecule has 0 saturated heterocycles. The van der Waals surface area contributed by atoms with Crippen molar-refractivity contribution in [3.63, 3.8) is 0 Å². The van der Waals surface area contributed by atoms with Gasteiger partial charge < -0.3 is 16.0 Å². The van der Waals surface area contributed by atoms with E-state index in [9.17, 15) is 19.2 Å². The summed E-state index contributed by atoms with van der Waals surface area (Å²) in [5, 5.41) is 9.16. The molecule has 0 unspecified atom stereocenters. The van der Waals surface area contributed by atoms with E-state index in [1.807, 2.05) is 86.6 Å². The number of thiophene rings is 1. The number of hydrogen-bond acceptors (Lipinski definition) is 6. The molecule has 2 atom stereocenters. The molecule has 0 aliphatic carbocycles. The number of nitrogens with one attached hydrogen (secondary N) is 3. The SMILES string of the molecule is CC(C)C[C@H](NC(=O)c1cc2ccccc2s1)C(=O)N[C@@H](C)C(=O)CNC(=O)Cc1cccc(-c2ccccn2)c1. The number of carbonyl (C=O) groups excluding carboxylic acids is 4. The first kappa shape index (κ1) is 29.6. The Morgan fingerprint density at radius 1 is 0.878 bits per heavy atom. The molecule has 0 spiro atoms. The van der Waals surface area contributed by atoms with Gasteiger partial charge in [0.1, 0.15) is 6.04 Å². The number of fused-ring (bicyclic) bond motifs is 1. The van der Waals surface area contributed by atoms with Gasteiger partial charge in [0.25, 0.3) is 5.91 Å². The highest BCUT2D eigenvalue weighted by Crippen LogP contribution is 2.25. The van der Waals surface area contributed by atoms with Gasteiger partial charge in [0.2, 0.25) is 11.8 Å². The highest BCUT2D eigenvalue weighted by atomic mass is 32.1. The van der Waals surface area contributed by atoms with Crippen LogP contribution in [0.25, 0.3) is 21.3 Å². The lowest BCUT2D eigenvalue weighted by Gasteiger charge is -2.22. The Kier molecular flexibility index (Phi) is 9.97. The number of hydrogen-bond donors (Lipinski definition) is 3. The number of benzene rings is 2. The third-order valence-corrected chi connectivity index (χ3v) is 7.65. The van der Waals surface area contributed by atoms with E-state index in [1.54, 1.807) is 13.1 Å². The second kappa shape index (κ2) is 13.8. The van der Waals surface area contributed by atoms with Crippen molar-refractivity contribution in [2.45, 2.75) is 45.7 Å². The zero-order valence-corrected chi connectivity index (χ0v) is 24.2. The zero-order chi connectivity index (χ0) is 29.4. The summed E-state index contributed by atoms with van der Waals surface area (Å²) in [6.45, 7) is 5.27. The first-order valence-electron chi connectivity index (χ1n) is 13.6. The molecule has 2 aromatic carbocycles. The molecule has 0 aliphatic rings. The summed E-state index contributed by atoms with van der Waals surface area (Å²) < 4.78 is 0.990. The monoisotopic (exact) mass is 570 g/mol. The molecule has 0 radical (unpaired) electrons. The van der Waals surface area contributed by atoms with Gasteiger partial charge in [0.05, 0.1) is 29.6 Å². The maximum atomic E-state index is 13.1. The molecular weight excluding hydrogens is 536 g/mol. The van der Waals surface area contributed by atoms with E-state index in [2.05, 4.69) is 20.9 Å². The lowest BCUT2D eigenvalue weighted by atomic mass is 10.0. The minimum atomic E-state index is -0.842. The van der Waals surface area contributed by atoms with Crippen LogP contribution in [-0.2, 0) is 20.8 Å². The summed E-state index contributed by atoms with van der Waals surface area (Å²) in [6.07, 6.45) is 2.23. The van der Waals surface area contributed by atoms with Crippen LogP contribution in [0.1, 0.15) is 42.4 Å². The van der Waals surface area contributed by atoms with Crippen molar-refractivity contribution in [3.05, 3.63) is 89.4 Å². The third kappa shape index (κ3) is 8.31. The second-order valence-electron chi connectivity index (χ2n) is 10.4. The van der Waals surface area contributed by atoms with E-state index in [4.69, 9.17) is 0 Å². The van der Waals surface area contributed by atoms with Gasteiger partial charge in [-0.1, -0.05) is 56.3 Å². The Hall–Kier alpha value is -4.37. The van der Waals surface area contributed by atoms with Gasteiger partial charge in [0.15, 0.2) is 5.78 Å². The van der Waals surface area contributed by atoms with Crippen LogP contribution in [0.5, 0.6) is 0 Å². The van der Waals surface area contributed by atoms with Gasteiger partial charge >= 0.3 is 0 Å². The van der Waals surface area contributed by atoms with E-state index in [0.717, 1.165) is 26.9 Å². The van der Waals surface area contributed by atoms with Gasteiger partial charge in [-0.25, -0.2) is 0 Å². The Labute approximate surface area is 243 Å². The first-order chi connectivity index (χ1) is 19.7. The molecule has 2 heterocycles. The molecule has 0 bridgehead atoms. The minimum absolute atomic E-state index is 0.106. The molecule has 8 nitrogen and oxygen atoms in total. The van der Waals surface area contributed by atoms with Gasteiger partial charge in [-0.05, 0) is 60.5 Å². The molecule has 9 heteroatoms. The Balaban J connectivity index is 1.29. The second-order valence-corrected chi connectivity index (χ2v) is 11.5. The lowest BCUT2D eigenvalue weighted by molar-refractivity contribution is -0.129. The topological polar surface area (TPSA) is 117 Å². The number of amides is 3. The fourth-order valence-electron chi connectivity index (χ4n) is 4.38. The summed E-state index contributed by atoms with van der Waals surface area (Å²) >= 11 is 1.36. The molecule has 0 fully saturated rings. The quantitative estimate of drug-likeness (QED) is 0.231. The molecule has 0 saturated carbocycles. The summed E-state index contributed by atoms with van der Waals surface area (Å²) in [5.41, 5.74) is 2.51. The van der Waals surface area contributed by atoms with Crippen LogP contribution in [0.2, 0.25) is 0 Å². The van der Waals surface area contributed by atoms with E-state index < -0.39 is 18.0 Å². The van der Waals surface area contributed by atoms with Crippen LogP contribution >= 0.6 is 11.3 Å². The largest absolute Gasteiger partial charge is 0.349 e. The molecule has 4 aromatic rings. The van der Waals surface area contributed by atoms with E-state index in [0.29, 0.717) is 11.3 Å². The average molecular weight is 571 g/mol. The van der Waals surface area contributed by atoms with Crippen LogP contribution in [0.15, 0.2) is 79.0 Å². The Bertz CT molecular complexity index is 1500. The van der Waals surface area contributed by atoms with Crippen LogP contribution in [0, 0.1) is 5.92 Å². The average Bonchev–Trinajstić information content (AvgIpc) is 3.40. The van der Waals surface area contributed by atoms with Crippen molar-refractivity contribution < 1.29 is 19.2 Å². The van der Waals surface area contributed by atoms with Crippen molar-refractivity contribution in [1.82, 2.24) is 20.9 Å². The summed E-state index contributed by atoms with van der Waals surface area (Å²) in [5.74, 6) is -1.27. The number of aromatic nitrogens is 1. The van der Waals surface area contributed by atoms with Crippen molar-refractivity contribution in [1.29, 1.82) is 0 Å². The standard InChI is InChI=1S/C32H34N4O4S/c1-20(2)15-26(36-32(40)29-18-24-10-4-5-13-28(24)41-29)31(39)35-21(3)27(37)19-34-30(38)17-22-9-8-11-23(16-22)25-12-6-7-14-33-25/h4-14,16,18,20-21,26H,15,17,19H2,1-3H3,(H,34,38)(H,35,39)(H,36,40)/t21-,26-/m0/s1. The predicted octanol–water partition coefficient (Wildman–Crippen LogP) is 4.54. The fraction of sp³-hybridized carbons (Fsp3) is 0.281. The van der Waals surface area contributed by atoms with Crippen LogP contribution < -0.4 is 16.0 Å². The highest BCUT2D eigenvalue weighted by molar-refractivity contribution is 7.20. The maximum absolute atomic E-state index is 13.1. The first-order valence-corrected chi connectivity index (χ1v) is 14.4. The molecule has 3 amide bonds. The normalized spacial score (nSPS) is 12.5. The number of nitrogens with zero attached hydrogens (tertiary/aromatic N) is 1. The molecule has 4 rings (SSSR count). The van der Waals surface area contributed by atoms with Gasteiger partial charge in [0, 0.05) is 16.5 Å². The molecule has 212 valence electrons. The summed E-state index contributed by atoms with van der Waals surface area (Å²) in [6, 6.07) is 21.0. The maximum Gasteiger partial charge on any atom is 0.262 e. The number of pyridine rings is 1. The van der Waals surface area contributed by atoms with Gasteiger partial charge in [-0.2, -0.15) is 0 Å². The molecule has 41 heavy (non-hydrogen) atoms. The Morgan fingerprint density at radius 3 is 2.39 bits per heavy atom. The fourth-order valence-corrected chi connectivity index (χ4v) is 5.35. The van der Waals surface area contributed by atoms with Crippen LogP contribution in [0.4, 0.5) is 0 Å². The molecular formula is C32H34N4O4S. The van der Waals surface area contributed by atoms with Crippen molar-refractivity contribution >= 4 is 44.9 Å². The van der Waals surface area contributed by atoms with E-state index >= 15 is 0 Å². The zero-order valence-electron chi connectivity index (χ0n) is 23.3. The number of ketones is 1. The number of Topliss-reactive ketones (excluding diaryl/α,β-unsaturated/α-hetero) is 1. The summed E-state index contributed by atoms with van der Waals surface area (Å²) in [4.78, 5) is 56.2. The smallest absolute Gasteiger partial charge is 0.262 e. The predicted molar refractivity (Wildman–Crippen MR) is 162 cm³/mol. The van der Waals surface area contributed by atoms with Crippen LogP contribution in [0.3, 0.4) is 0 Å². The van der Waals surface area contributed by atoms with E-state index in [-0.39, 0.29) is 36.5 Å². The number of rotatable bonds is 12. The molecule has 3 N–H and O–H groups in total. The van der Waals surface area contributed by atoms with Crippen LogP contribution in [-0.4, -0.2) is 47.1 Å².